The van der Waals surface area contributed by atoms with E-state index in [-0.39, 0.29) is 5.41 Å². The van der Waals surface area contributed by atoms with Gasteiger partial charge in [0.05, 0.1) is 11.1 Å². The number of thiophene rings is 1. The van der Waals surface area contributed by atoms with E-state index in [0.717, 1.165) is 17.1 Å². The summed E-state index contributed by atoms with van der Waals surface area (Å²) in [7, 11) is 0. The Labute approximate surface area is 366 Å². The molecule has 0 aliphatic heterocycles. The first-order valence-corrected chi connectivity index (χ1v) is 22.5. The van der Waals surface area contributed by atoms with Crippen molar-refractivity contribution in [1.29, 1.82) is 0 Å². The average Bonchev–Trinajstić information content (AvgIpc) is 4.01. The molecule has 0 amide bonds. The van der Waals surface area contributed by atoms with Gasteiger partial charge in [0.25, 0.3) is 0 Å². The third-order valence-electron chi connectivity index (χ3n) is 14.1. The van der Waals surface area contributed by atoms with Gasteiger partial charge in [-0.25, -0.2) is 0 Å². The van der Waals surface area contributed by atoms with Crippen molar-refractivity contribution >= 4 is 38.5 Å². The fourth-order valence-electron chi connectivity index (χ4n) is 11.3. The van der Waals surface area contributed by atoms with E-state index in [0.29, 0.717) is 0 Å². The summed E-state index contributed by atoms with van der Waals surface area (Å²) in [6.07, 6.45) is 0. The second-order valence-corrected chi connectivity index (χ2v) is 18.6. The maximum atomic E-state index is 2.52. The van der Waals surface area contributed by atoms with E-state index in [1.807, 2.05) is 11.3 Å². The maximum Gasteiger partial charge on any atom is 0.0820 e. The number of benzene rings is 9. The zero-order valence-electron chi connectivity index (χ0n) is 34.6. The number of para-hydroxylation sites is 1. The quantitative estimate of drug-likeness (QED) is 0.167. The molecule has 1 nitrogen and oxygen atoms in total. The predicted molar refractivity (Wildman–Crippen MR) is 261 cm³/mol. The zero-order valence-corrected chi connectivity index (χ0v) is 35.4. The van der Waals surface area contributed by atoms with Gasteiger partial charge < -0.3 is 4.90 Å². The fraction of sp³-hybridized carbons (Fsp3) is 0.0667. The molecule has 9 aromatic carbocycles. The summed E-state index contributed by atoms with van der Waals surface area (Å²) < 4.78 is 1.34. The van der Waals surface area contributed by atoms with Gasteiger partial charge in [-0.2, -0.15) is 0 Å². The first kappa shape index (κ1) is 35.5. The van der Waals surface area contributed by atoms with Crippen molar-refractivity contribution in [3.63, 3.8) is 0 Å². The lowest BCUT2D eigenvalue weighted by Crippen LogP contribution is -2.25. The number of hydrogen-bond acceptors (Lipinski definition) is 2. The Hall–Kier alpha value is -7.26. The highest BCUT2D eigenvalue weighted by molar-refractivity contribution is 7.20. The van der Waals surface area contributed by atoms with Crippen molar-refractivity contribution in [2.45, 2.75) is 24.7 Å². The predicted octanol–water partition coefficient (Wildman–Crippen LogP) is 16.4. The minimum absolute atomic E-state index is 0.0547. The molecule has 3 aliphatic rings. The number of hydrogen-bond donors (Lipinski definition) is 0. The topological polar surface area (TPSA) is 3.24 Å². The summed E-state index contributed by atoms with van der Waals surface area (Å²) in [5, 5.41) is 1.34. The van der Waals surface area contributed by atoms with Gasteiger partial charge in [-0.05, 0) is 115 Å². The minimum atomic E-state index is -0.437. The molecule has 2 heteroatoms. The Balaban J connectivity index is 1.01. The molecule has 0 fully saturated rings. The highest BCUT2D eigenvalue weighted by Gasteiger charge is 2.53. The average molecular weight is 808 g/mol. The summed E-state index contributed by atoms with van der Waals surface area (Å²) in [6.45, 7) is 4.72. The van der Waals surface area contributed by atoms with E-state index in [2.05, 4.69) is 231 Å². The van der Waals surface area contributed by atoms with Gasteiger partial charge >= 0.3 is 0 Å². The molecule has 1 spiro atoms. The van der Waals surface area contributed by atoms with Crippen molar-refractivity contribution in [2.75, 3.05) is 4.90 Å². The smallest absolute Gasteiger partial charge is 0.0820 e. The monoisotopic (exact) mass is 807 g/mol. The van der Waals surface area contributed by atoms with Crippen LogP contribution in [0.5, 0.6) is 0 Å². The Morgan fingerprint density at radius 3 is 1.71 bits per heavy atom. The molecule has 0 N–H and O–H groups in total. The third kappa shape index (κ3) is 4.79. The van der Waals surface area contributed by atoms with Gasteiger partial charge in [0.1, 0.15) is 0 Å². The molecular weight excluding hydrogens is 767 g/mol. The van der Waals surface area contributed by atoms with Crippen LogP contribution in [0, 0.1) is 0 Å². The number of fused-ring (bicyclic) bond motifs is 15. The van der Waals surface area contributed by atoms with Crippen LogP contribution in [-0.2, 0) is 10.8 Å². The summed E-state index contributed by atoms with van der Waals surface area (Å²) in [5.74, 6) is 0. The molecule has 3 aliphatic carbocycles. The van der Waals surface area contributed by atoms with Crippen molar-refractivity contribution in [3.8, 4) is 55.6 Å². The lowest BCUT2D eigenvalue weighted by molar-refractivity contribution is 0.660. The molecular formula is C60H41NS. The first-order valence-electron chi connectivity index (χ1n) is 21.7. The van der Waals surface area contributed by atoms with Crippen LogP contribution in [0.4, 0.5) is 17.1 Å². The van der Waals surface area contributed by atoms with E-state index in [1.165, 1.54) is 98.4 Å². The highest BCUT2D eigenvalue weighted by Crippen LogP contribution is 2.66. The Bertz CT molecular complexity index is 3440. The molecule has 1 atom stereocenters. The van der Waals surface area contributed by atoms with Crippen molar-refractivity contribution < 1.29 is 0 Å². The molecule has 0 saturated heterocycles. The van der Waals surface area contributed by atoms with Crippen molar-refractivity contribution in [1.82, 2.24) is 0 Å². The SMILES string of the molecule is CC1(C)c2ccccc2-c2ccc(-c3ccc(N(c4ccc5c(c4)C4(c6ccccc6-5)c5ccccc5-c5c4sc4ccccc54)c4ccccc4-c4ccccc4)cc3)cc21. The van der Waals surface area contributed by atoms with E-state index in [1.54, 1.807) is 0 Å². The van der Waals surface area contributed by atoms with Crippen LogP contribution in [0.1, 0.15) is 46.5 Å². The summed E-state index contributed by atoms with van der Waals surface area (Å²) in [6, 6.07) is 79.4. The Morgan fingerprint density at radius 2 is 0.919 bits per heavy atom. The summed E-state index contributed by atoms with van der Waals surface area (Å²) >= 11 is 1.96. The van der Waals surface area contributed by atoms with Crippen LogP contribution < -0.4 is 4.90 Å². The first-order chi connectivity index (χ1) is 30.5. The number of anilines is 3. The molecule has 0 bridgehead atoms. The number of rotatable bonds is 5. The normalized spacial score (nSPS) is 15.8. The van der Waals surface area contributed by atoms with Crippen molar-refractivity contribution in [3.05, 3.63) is 245 Å². The van der Waals surface area contributed by atoms with Crippen LogP contribution in [0.2, 0.25) is 0 Å². The molecule has 1 heterocycles. The maximum absolute atomic E-state index is 2.52. The largest absolute Gasteiger partial charge is 0.310 e. The zero-order chi connectivity index (χ0) is 41.2. The molecule has 1 unspecified atom stereocenters. The van der Waals surface area contributed by atoms with Crippen LogP contribution in [-0.4, -0.2) is 0 Å². The van der Waals surface area contributed by atoms with E-state index >= 15 is 0 Å². The molecule has 13 rings (SSSR count). The molecule has 62 heavy (non-hydrogen) atoms. The van der Waals surface area contributed by atoms with Crippen LogP contribution in [0.25, 0.3) is 65.7 Å². The van der Waals surface area contributed by atoms with E-state index in [4.69, 9.17) is 0 Å². The van der Waals surface area contributed by atoms with E-state index < -0.39 is 5.41 Å². The van der Waals surface area contributed by atoms with Gasteiger partial charge in [-0.1, -0.05) is 184 Å². The highest BCUT2D eigenvalue weighted by atomic mass is 32.1. The van der Waals surface area contributed by atoms with Crippen LogP contribution in [0.15, 0.2) is 212 Å². The van der Waals surface area contributed by atoms with Crippen molar-refractivity contribution in [2.24, 2.45) is 0 Å². The Kier molecular flexibility index (Phi) is 7.51. The lowest BCUT2D eigenvalue weighted by atomic mass is 9.74. The van der Waals surface area contributed by atoms with Crippen LogP contribution in [0.3, 0.4) is 0 Å². The molecule has 0 saturated carbocycles. The molecule has 292 valence electrons. The third-order valence-corrected chi connectivity index (χ3v) is 15.4. The van der Waals surface area contributed by atoms with Gasteiger partial charge in [-0.15, -0.1) is 11.3 Å². The minimum Gasteiger partial charge on any atom is -0.310 e. The number of nitrogens with zero attached hydrogens (tertiary/aromatic N) is 1. The molecule has 1 aromatic heterocycles. The lowest BCUT2D eigenvalue weighted by Gasteiger charge is -2.32. The fourth-order valence-corrected chi connectivity index (χ4v) is 12.8. The van der Waals surface area contributed by atoms with Gasteiger partial charge in [-0.3, -0.25) is 0 Å². The Morgan fingerprint density at radius 1 is 0.371 bits per heavy atom. The van der Waals surface area contributed by atoms with Crippen LogP contribution >= 0.6 is 11.3 Å². The summed E-state index contributed by atoms with van der Waals surface area (Å²) in [4.78, 5) is 3.91. The van der Waals surface area contributed by atoms with Gasteiger partial charge in [0.15, 0.2) is 0 Å². The second-order valence-electron chi connectivity index (χ2n) is 17.6. The van der Waals surface area contributed by atoms with Gasteiger partial charge in [0.2, 0.25) is 0 Å². The molecule has 10 aromatic rings. The van der Waals surface area contributed by atoms with E-state index in [9.17, 15) is 0 Å². The summed E-state index contributed by atoms with van der Waals surface area (Å²) in [5.41, 5.74) is 22.6. The van der Waals surface area contributed by atoms with Gasteiger partial charge in [0, 0.05) is 42.9 Å². The standard InChI is InChI=1S/C60H41NS/c1-59(2)50-23-11-6-19-44(50)46-34-30-40(36-53(46)59)38-28-31-41(32-29-38)61(55-26-14-9-18-43(55)39-16-4-3-5-17-39)42-33-35-47-45-20-7-12-24-51(45)60(54(47)37-42)52-25-13-8-21-48(52)57-49-22-10-15-27-56(49)62-58(57)60/h3-37H,1-2H3. The molecule has 0 radical (unpaired) electrons. The second kappa shape index (κ2) is 13.1.